The molecule has 3 nitrogen and oxygen atoms in total. The highest BCUT2D eigenvalue weighted by atomic mass is 35.5. The summed E-state index contributed by atoms with van der Waals surface area (Å²) in [6, 6.07) is 4.84. The van der Waals surface area contributed by atoms with Gasteiger partial charge in [-0.15, -0.1) is 0 Å². The lowest BCUT2D eigenvalue weighted by molar-refractivity contribution is 0.104. The molecule has 0 radical (unpaired) electrons. The molecule has 0 aromatic heterocycles. The van der Waals surface area contributed by atoms with E-state index >= 15 is 0 Å². The zero-order valence-electron chi connectivity index (χ0n) is 8.39. The minimum atomic E-state index is -0.163. The fourth-order valence-electron chi connectivity index (χ4n) is 1.45. The van der Waals surface area contributed by atoms with Crippen LogP contribution in [0.3, 0.4) is 0 Å². The van der Waals surface area contributed by atoms with Crippen molar-refractivity contribution < 1.29 is 4.79 Å². The maximum absolute atomic E-state index is 11.9. The molecule has 0 bridgehead atoms. The zero-order chi connectivity index (χ0) is 11.5. The summed E-state index contributed by atoms with van der Waals surface area (Å²) in [5.74, 6) is 0.561. The molecule has 0 spiro atoms. The van der Waals surface area contributed by atoms with Gasteiger partial charge in [0.15, 0.2) is 5.78 Å². The fourth-order valence-corrected chi connectivity index (χ4v) is 1.84. The highest BCUT2D eigenvalue weighted by Gasteiger charge is 2.11. The van der Waals surface area contributed by atoms with E-state index in [4.69, 9.17) is 23.2 Å². The van der Waals surface area contributed by atoms with Crippen molar-refractivity contribution in [3.05, 3.63) is 45.7 Å². The summed E-state index contributed by atoms with van der Waals surface area (Å²) in [4.78, 5) is 11.9. The molecule has 0 saturated carbocycles. The quantitative estimate of drug-likeness (QED) is 0.630. The number of halogens is 2. The predicted molar refractivity (Wildman–Crippen MR) is 64.9 cm³/mol. The summed E-state index contributed by atoms with van der Waals surface area (Å²) < 4.78 is 0. The first-order chi connectivity index (χ1) is 7.66. The standard InChI is InChI=1S/C11H10Cl2N2O/c12-7-1-2-9(13)8(5-7)10(16)6-11-14-3-4-15-11/h1-2,5-6,14-15H,3-4H2. The maximum atomic E-state index is 11.9. The van der Waals surface area contributed by atoms with Crippen molar-refractivity contribution in [1.82, 2.24) is 10.6 Å². The van der Waals surface area contributed by atoms with Crippen molar-refractivity contribution in [3.63, 3.8) is 0 Å². The summed E-state index contributed by atoms with van der Waals surface area (Å²) in [5.41, 5.74) is 0.414. The largest absolute Gasteiger partial charge is 0.370 e. The molecule has 1 heterocycles. The lowest BCUT2D eigenvalue weighted by atomic mass is 10.1. The summed E-state index contributed by atoms with van der Waals surface area (Å²) in [6.07, 6.45) is 1.49. The van der Waals surface area contributed by atoms with Gasteiger partial charge >= 0.3 is 0 Å². The lowest BCUT2D eigenvalue weighted by Crippen LogP contribution is -2.12. The molecule has 0 aliphatic carbocycles. The van der Waals surface area contributed by atoms with Crippen molar-refractivity contribution in [3.8, 4) is 0 Å². The smallest absolute Gasteiger partial charge is 0.190 e. The number of allylic oxidation sites excluding steroid dienone is 1. The van der Waals surface area contributed by atoms with Crippen LogP contribution in [0.2, 0.25) is 10.0 Å². The first kappa shape index (κ1) is 11.3. The molecule has 2 N–H and O–H groups in total. The van der Waals surface area contributed by atoms with Gasteiger partial charge in [0.2, 0.25) is 0 Å². The van der Waals surface area contributed by atoms with Crippen LogP contribution in [0.25, 0.3) is 0 Å². The number of hydrogen-bond acceptors (Lipinski definition) is 3. The number of hydrogen-bond donors (Lipinski definition) is 2. The Balaban J connectivity index is 2.26. The Morgan fingerprint density at radius 3 is 2.62 bits per heavy atom. The van der Waals surface area contributed by atoms with Crippen LogP contribution < -0.4 is 10.6 Å². The second-order valence-corrected chi connectivity index (χ2v) is 4.24. The highest BCUT2D eigenvalue weighted by molar-refractivity contribution is 6.36. The highest BCUT2D eigenvalue weighted by Crippen LogP contribution is 2.21. The van der Waals surface area contributed by atoms with E-state index in [0.29, 0.717) is 15.6 Å². The van der Waals surface area contributed by atoms with E-state index in [0.717, 1.165) is 18.9 Å². The minimum Gasteiger partial charge on any atom is -0.370 e. The molecule has 1 saturated heterocycles. The number of carbonyl (C=O) groups excluding carboxylic acids is 1. The SMILES string of the molecule is O=C(C=C1NCCN1)c1cc(Cl)ccc1Cl. The van der Waals surface area contributed by atoms with Gasteiger partial charge in [-0.25, -0.2) is 0 Å². The Morgan fingerprint density at radius 2 is 1.94 bits per heavy atom. The second kappa shape index (κ2) is 4.76. The van der Waals surface area contributed by atoms with Gasteiger partial charge in [-0.2, -0.15) is 0 Å². The number of ketones is 1. The van der Waals surface area contributed by atoms with Gasteiger partial charge in [-0.1, -0.05) is 23.2 Å². The van der Waals surface area contributed by atoms with Crippen molar-refractivity contribution in [2.45, 2.75) is 0 Å². The van der Waals surface area contributed by atoms with Crippen LogP contribution in [-0.4, -0.2) is 18.9 Å². The second-order valence-electron chi connectivity index (χ2n) is 3.40. The van der Waals surface area contributed by atoms with Crippen LogP contribution in [0, 0.1) is 0 Å². The molecule has 16 heavy (non-hydrogen) atoms. The van der Waals surface area contributed by atoms with E-state index in [-0.39, 0.29) is 5.78 Å². The van der Waals surface area contributed by atoms with Crippen molar-refractivity contribution in [1.29, 1.82) is 0 Å². The van der Waals surface area contributed by atoms with Crippen LogP contribution >= 0.6 is 23.2 Å². The van der Waals surface area contributed by atoms with E-state index in [1.807, 2.05) is 0 Å². The molecule has 0 atom stereocenters. The normalized spacial score (nSPS) is 14.2. The summed E-state index contributed by atoms with van der Waals surface area (Å²) in [5, 5.41) is 6.99. The fraction of sp³-hybridized carbons (Fsp3) is 0.182. The Hall–Kier alpha value is -1.19. The van der Waals surface area contributed by atoms with Gasteiger partial charge in [-0.3, -0.25) is 4.79 Å². The third-order valence-electron chi connectivity index (χ3n) is 2.23. The molecule has 84 valence electrons. The van der Waals surface area contributed by atoms with Gasteiger partial charge < -0.3 is 10.6 Å². The van der Waals surface area contributed by atoms with E-state index < -0.39 is 0 Å². The Morgan fingerprint density at radius 1 is 1.25 bits per heavy atom. The van der Waals surface area contributed by atoms with Gasteiger partial charge in [0.25, 0.3) is 0 Å². The van der Waals surface area contributed by atoms with Crippen molar-refractivity contribution in [2.24, 2.45) is 0 Å². The summed E-state index contributed by atoms with van der Waals surface area (Å²) in [7, 11) is 0. The molecular weight excluding hydrogens is 247 g/mol. The summed E-state index contributed by atoms with van der Waals surface area (Å²) >= 11 is 11.7. The predicted octanol–water partition coefficient (Wildman–Crippen LogP) is 2.21. The number of benzene rings is 1. The molecule has 5 heteroatoms. The van der Waals surface area contributed by atoms with Crippen LogP contribution in [0.5, 0.6) is 0 Å². The van der Waals surface area contributed by atoms with Crippen LogP contribution in [0.15, 0.2) is 30.1 Å². The molecule has 1 fully saturated rings. The van der Waals surface area contributed by atoms with E-state index in [1.54, 1.807) is 18.2 Å². The van der Waals surface area contributed by atoms with Gasteiger partial charge in [0, 0.05) is 29.8 Å². The third kappa shape index (κ3) is 2.49. The maximum Gasteiger partial charge on any atom is 0.190 e. The van der Waals surface area contributed by atoms with Gasteiger partial charge in [0.05, 0.1) is 5.02 Å². The van der Waals surface area contributed by atoms with Crippen LogP contribution in [0.4, 0.5) is 0 Å². The average molecular weight is 257 g/mol. The van der Waals surface area contributed by atoms with Gasteiger partial charge in [0.1, 0.15) is 5.82 Å². The third-order valence-corrected chi connectivity index (χ3v) is 2.79. The molecular formula is C11H10Cl2N2O. The number of carbonyl (C=O) groups is 1. The molecule has 1 aromatic rings. The lowest BCUT2D eigenvalue weighted by Gasteiger charge is -2.02. The first-order valence-corrected chi connectivity index (χ1v) is 5.61. The van der Waals surface area contributed by atoms with Gasteiger partial charge in [-0.05, 0) is 18.2 Å². The van der Waals surface area contributed by atoms with Crippen molar-refractivity contribution >= 4 is 29.0 Å². The average Bonchev–Trinajstić information content (AvgIpc) is 2.74. The van der Waals surface area contributed by atoms with Crippen LogP contribution in [-0.2, 0) is 0 Å². The first-order valence-electron chi connectivity index (χ1n) is 4.85. The van der Waals surface area contributed by atoms with Crippen LogP contribution in [0.1, 0.15) is 10.4 Å². The topological polar surface area (TPSA) is 41.1 Å². The molecule has 1 aromatic carbocycles. The number of rotatable bonds is 2. The molecule has 1 aliphatic rings. The molecule has 2 rings (SSSR count). The minimum absolute atomic E-state index is 0.163. The van der Waals surface area contributed by atoms with Crippen molar-refractivity contribution in [2.75, 3.05) is 13.1 Å². The summed E-state index contributed by atoms with van der Waals surface area (Å²) in [6.45, 7) is 1.64. The van der Waals surface area contributed by atoms with E-state index in [2.05, 4.69) is 10.6 Å². The van der Waals surface area contributed by atoms with E-state index in [9.17, 15) is 4.79 Å². The monoisotopic (exact) mass is 256 g/mol. The Kier molecular flexibility index (Phi) is 3.36. The number of nitrogens with one attached hydrogen (secondary N) is 2. The molecule has 0 unspecified atom stereocenters. The molecule has 0 amide bonds. The molecule has 1 aliphatic heterocycles. The Labute approximate surface area is 103 Å². The van der Waals surface area contributed by atoms with E-state index in [1.165, 1.54) is 6.08 Å². The zero-order valence-corrected chi connectivity index (χ0v) is 9.90. The Bertz CT molecular complexity index is 449.